The van der Waals surface area contributed by atoms with Gasteiger partial charge in [-0.05, 0) is 13.0 Å². The van der Waals surface area contributed by atoms with E-state index in [4.69, 9.17) is 10.6 Å². The number of nitrogens with zero attached hydrogens (tertiary/aromatic N) is 2. The van der Waals surface area contributed by atoms with Crippen LogP contribution in [-0.2, 0) is 6.54 Å². The minimum Gasteiger partial charge on any atom is -0.496 e. The van der Waals surface area contributed by atoms with Gasteiger partial charge in [0.25, 0.3) is 0 Å². The highest BCUT2D eigenvalue weighted by Gasteiger charge is 2.04. The van der Waals surface area contributed by atoms with Gasteiger partial charge in [-0.2, -0.15) is 0 Å². The summed E-state index contributed by atoms with van der Waals surface area (Å²) in [7, 11) is 1.66. The number of hydrazine groups is 1. The largest absolute Gasteiger partial charge is 0.496 e. The van der Waals surface area contributed by atoms with Crippen molar-refractivity contribution in [2.45, 2.75) is 13.5 Å². The minimum absolute atomic E-state index is 0.579. The molecule has 2 rings (SSSR count). The number of rotatable bonds is 5. The molecule has 1 aromatic carbocycles. The Labute approximate surface area is 112 Å². The van der Waals surface area contributed by atoms with Crippen molar-refractivity contribution in [2.75, 3.05) is 17.9 Å². The van der Waals surface area contributed by atoms with Gasteiger partial charge in [0.05, 0.1) is 7.11 Å². The molecule has 0 saturated carbocycles. The fraction of sp³-hybridized carbons (Fsp3) is 0.231. The third-order valence-corrected chi connectivity index (χ3v) is 2.64. The van der Waals surface area contributed by atoms with Gasteiger partial charge in [-0.1, -0.05) is 18.2 Å². The number of methoxy groups -OCH3 is 1. The molecule has 0 bridgehead atoms. The van der Waals surface area contributed by atoms with Gasteiger partial charge >= 0.3 is 0 Å². The number of ether oxygens (including phenoxy) is 1. The zero-order valence-corrected chi connectivity index (χ0v) is 11.0. The summed E-state index contributed by atoms with van der Waals surface area (Å²) < 4.78 is 5.30. The number of hydrogen-bond donors (Lipinski definition) is 3. The van der Waals surface area contributed by atoms with E-state index in [0.717, 1.165) is 11.3 Å². The summed E-state index contributed by atoms with van der Waals surface area (Å²) in [5.41, 5.74) is 3.57. The number of benzene rings is 1. The van der Waals surface area contributed by atoms with Crippen molar-refractivity contribution in [3.05, 3.63) is 41.7 Å². The Hall–Kier alpha value is -2.34. The lowest BCUT2D eigenvalue weighted by Gasteiger charge is -2.11. The molecule has 1 heterocycles. The third kappa shape index (κ3) is 3.32. The quantitative estimate of drug-likeness (QED) is 0.559. The molecule has 0 aliphatic rings. The highest BCUT2D eigenvalue weighted by molar-refractivity contribution is 5.47. The van der Waals surface area contributed by atoms with Gasteiger partial charge in [0.2, 0.25) is 0 Å². The molecule has 0 unspecified atom stereocenters. The Balaban J connectivity index is 2.12. The van der Waals surface area contributed by atoms with Gasteiger partial charge in [-0.3, -0.25) is 0 Å². The molecule has 2 aromatic rings. The Morgan fingerprint density at radius 3 is 2.68 bits per heavy atom. The summed E-state index contributed by atoms with van der Waals surface area (Å²) in [6, 6.07) is 9.59. The van der Waals surface area contributed by atoms with Crippen LogP contribution in [0.1, 0.15) is 11.4 Å². The number of para-hydroxylation sites is 1. The van der Waals surface area contributed by atoms with Crippen molar-refractivity contribution in [3.63, 3.8) is 0 Å². The molecular formula is C13H17N5O. The van der Waals surface area contributed by atoms with Crippen LogP contribution in [-0.4, -0.2) is 17.1 Å². The van der Waals surface area contributed by atoms with Gasteiger partial charge < -0.3 is 15.5 Å². The second kappa shape index (κ2) is 6.01. The molecule has 0 saturated heterocycles. The molecule has 19 heavy (non-hydrogen) atoms. The molecule has 1 aromatic heterocycles. The van der Waals surface area contributed by atoms with Crippen LogP contribution < -0.4 is 21.3 Å². The molecular weight excluding hydrogens is 242 g/mol. The molecule has 4 N–H and O–H groups in total. The van der Waals surface area contributed by atoms with Crippen LogP contribution >= 0.6 is 0 Å². The van der Waals surface area contributed by atoms with E-state index in [0.29, 0.717) is 24.0 Å². The van der Waals surface area contributed by atoms with Crippen molar-refractivity contribution in [1.29, 1.82) is 0 Å². The summed E-state index contributed by atoms with van der Waals surface area (Å²) in [6.45, 7) is 2.43. The molecule has 0 aliphatic carbocycles. The van der Waals surface area contributed by atoms with E-state index in [-0.39, 0.29) is 0 Å². The summed E-state index contributed by atoms with van der Waals surface area (Å²) in [6.07, 6.45) is 0. The zero-order chi connectivity index (χ0) is 13.7. The van der Waals surface area contributed by atoms with E-state index in [1.807, 2.05) is 31.2 Å². The van der Waals surface area contributed by atoms with Crippen molar-refractivity contribution in [2.24, 2.45) is 5.84 Å². The van der Waals surface area contributed by atoms with Crippen LogP contribution in [0.4, 0.5) is 11.6 Å². The number of nitrogens with one attached hydrogen (secondary N) is 2. The molecule has 0 spiro atoms. The molecule has 0 atom stereocenters. The maximum absolute atomic E-state index is 5.35. The van der Waals surface area contributed by atoms with Crippen molar-refractivity contribution < 1.29 is 4.74 Å². The van der Waals surface area contributed by atoms with E-state index in [1.54, 1.807) is 13.2 Å². The average Bonchev–Trinajstić information content (AvgIpc) is 2.44. The standard InChI is InChI=1S/C13H17N5O/c1-9-16-12(7-13(17-9)18-14)15-8-10-5-3-4-6-11(10)19-2/h3-7H,8,14H2,1-2H3,(H2,15,16,17,18). The summed E-state index contributed by atoms with van der Waals surface area (Å²) in [5, 5.41) is 3.22. The predicted molar refractivity (Wildman–Crippen MR) is 74.9 cm³/mol. The van der Waals surface area contributed by atoms with E-state index < -0.39 is 0 Å². The SMILES string of the molecule is COc1ccccc1CNc1cc(NN)nc(C)n1. The average molecular weight is 259 g/mol. The number of nitrogens with two attached hydrogens (primary N) is 1. The number of nitrogen functional groups attached to an aromatic ring is 1. The van der Waals surface area contributed by atoms with Crippen molar-refractivity contribution in [1.82, 2.24) is 9.97 Å². The summed E-state index contributed by atoms with van der Waals surface area (Å²) in [5.74, 6) is 8.14. The summed E-state index contributed by atoms with van der Waals surface area (Å²) in [4.78, 5) is 8.42. The molecule has 0 amide bonds. The normalized spacial score (nSPS) is 10.1. The van der Waals surface area contributed by atoms with E-state index in [9.17, 15) is 0 Å². The van der Waals surface area contributed by atoms with Crippen LogP contribution in [0.3, 0.4) is 0 Å². The first kappa shape index (κ1) is 13.1. The first-order valence-corrected chi connectivity index (χ1v) is 5.91. The Kier molecular flexibility index (Phi) is 4.15. The summed E-state index contributed by atoms with van der Waals surface area (Å²) >= 11 is 0. The van der Waals surface area contributed by atoms with Crippen molar-refractivity contribution in [3.8, 4) is 5.75 Å². The number of hydrogen-bond acceptors (Lipinski definition) is 6. The second-order valence-corrected chi connectivity index (χ2v) is 4.00. The van der Waals surface area contributed by atoms with Gasteiger partial charge in [-0.25, -0.2) is 15.8 Å². The maximum atomic E-state index is 5.35. The molecule has 0 radical (unpaired) electrons. The minimum atomic E-state index is 0.579. The van der Waals surface area contributed by atoms with Gasteiger partial charge in [0, 0.05) is 18.2 Å². The Bertz CT molecular complexity index is 558. The number of aromatic nitrogens is 2. The van der Waals surface area contributed by atoms with Gasteiger partial charge in [-0.15, -0.1) is 0 Å². The van der Waals surface area contributed by atoms with Crippen LogP contribution in [0.25, 0.3) is 0 Å². The zero-order valence-electron chi connectivity index (χ0n) is 11.0. The lowest BCUT2D eigenvalue weighted by Crippen LogP contribution is -2.11. The number of anilines is 2. The van der Waals surface area contributed by atoms with E-state index in [1.165, 1.54) is 0 Å². The van der Waals surface area contributed by atoms with Crippen LogP contribution in [0, 0.1) is 6.92 Å². The topological polar surface area (TPSA) is 85.1 Å². The van der Waals surface area contributed by atoms with Gasteiger partial charge in [0.15, 0.2) is 0 Å². The fourth-order valence-corrected chi connectivity index (χ4v) is 1.77. The van der Waals surface area contributed by atoms with E-state index in [2.05, 4.69) is 20.7 Å². The Morgan fingerprint density at radius 1 is 1.21 bits per heavy atom. The monoisotopic (exact) mass is 259 g/mol. The number of aryl methyl sites for hydroxylation is 1. The third-order valence-electron chi connectivity index (χ3n) is 2.64. The molecule has 100 valence electrons. The lowest BCUT2D eigenvalue weighted by atomic mass is 10.2. The van der Waals surface area contributed by atoms with Crippen LogP contribution in [0.5, 0.6) is 5.75 Å². The smallest absolute Gasteiger partial charge is 0.145 e. The van der Waals surface area contributed by atoms with Gasteiger partial charge in [0.1, 0.15) is 23.2 Å². The molecule has 6 nitrogen and oxygen atoms in total. The first-order chi connectivity index (χ1) is 9.22. The first-order valence-electron chi connectivity index (χ1n) is 5.91. The predicted octanol–water partition coefficient (Wildman–Crippen LogP) is 1.69. The fourth-order valence-electron chi connectivity index (χ4n) is 1.77. The highest BCUT2D eigenvalue weighted by atomic mass is 16.5. The second-order valence-electron chi connectivity index (χ2n) is 4.00. The molecule has 6 heteroatoms. The van der Waals surface area contributed by atoms with Crippen LogP contribution in [0.2, 0.25) is 0 Å². The maximum Gasteiger partial charge on any atom is 0.145 e. The molecule has 0 aliphatic heterocycles. The van der Waals surface area contributed by atoms with E-state index >= 15 is 0 Å². The lowest BCUT2D eigenvalue weighted by molar-refractivity contribution is 0.410. The van der Waals surface area contributed by atoms with Crippen LogP contribution in [0.15, 0.2) is 30.3 Å². The highest BCUT2D eigenvalue weighted by Crippen LogP contribution is 2.19. The molecule has 0 fully saturated rings. The Morgan fingerprint density at radius 2 is 1.95 bits per heavy atom. The van der Waals surface area contributed by atoms with Crippen molar-refractivity contribution >= 4 is 11.6 Å².